The van der Waals surface area contributed by atoms with Gasteiger partial charge in [-0.1, -0.05) is 24.3 Å². The minimum absolute atomic E-state index is 0.0192. The lowest BCUT2D eigenvalue weighted by Gasteiger charge is -2.25. The molecule has 0 aromatic heterocycles. The number of ether oxygens (including phenoxy) is 1. The number of anilines is 1. The molecule has 2 aromatic rings. The highest BCUT2D eigenvalue weighted by atomic mass is 16.5. The maximum absolute atomic E-state index is 12.7. The fraction of sp³-hybridized carbons (Fsp3) is 0.391. The normalized spacial score (nSPS) is 10.4. The first kappa shape index (κ1) is 21.5. The Morgan fingerprint density at radius 2 is 1.79 bits per heavy atom. The lowest BCUT2D eigenvalue weighted by Crippen LogP contribution is -2.37. The van der Waals surface area contributed by atoms with E-state index < -0.39 is 0 Å². The molecule has 5 heteroatoms. The second-order valence-electron chi connectivity index (χ2n) is 6.83. The molecule has 2 rings (SSSR count). The summed E-state index contributed by atoms with van der Waals surface area (Å²) in [5.74, 6) is 0.814. The number of carbonyl (C=O) groups excluding carboxylic acids is 2. The standard InChI is InChI=1S/C23H30N2O3/c1-5-25(21-10-6-8-18(2)16-21)23(27)13-15-24(19(3)26)14-12-20-9-7-11-22(17-20)28-4/h6-11,16-17H,5,12-15H2,1-4H3. The zero-order valence-corrected chi connectivity index (χ0v) is 17.3. The molecular weight excluding hydrogens is 352 g/mol. The SMILES string of the molecule is CCN(C(=O)CCN(CCc1cccc(OC)c1)C(C)=O)c1cccc(C)c1. The van der Waals surface area contributed by atoms with Gasteiger partial charge in [-0.15, -0.1) is 0 Å². The molecule has 0 heterocycles. The average molecular weight is 383 g/mol. The van der Waals surface area contributed by atoms with Crippen LogP contribution < -0.4 is 9.64 Å². The molecule has 28 heavy (non-hydrogen) atoms. The van der Waals surface area contributed by atoms with Crippen LogP contribution in [0.1, 0.15) is 31.4 Å². The first-order chi connectivity index (χ1) is 13.4. The van der Waals surface area contributed by atoms with Gasteiger partial charge < -0.3 is 14.5 Å². The summed E-state index contributed by atoms with van der Waals surface area (Å²) in [7, 11) is 1.64. The van der Waals surface area contributed by atoms with Gasteiger partial charge in [0.1, 0.15) is 5.75 Å². The minimum Gasteiger partial charge on any atom is -0.497 e. The Morgan fingerprint density at radius 1 is 1.04 bits per heavy atom. The van der Waals surface area contributed by atoms with Gasteiger partial charge in [0, 0.05) is 38.7 Å². The maximum atomic E-state index is 12.7. The lowest BCUT2D eigenvalue weighted by molar-refractivity contribution is -0.129. The van der Waals surface area contributed by atoms with Gasteiger partial charge in [-0.05, 0) is 55.7 Å². The number of benzene rings is 2. The van der Waals surface area contributed by atoms with Gasteiger partial charge in [-0.3, -0.25) is 9.59 Å². The van der Waals surface area contributed by atoms with Crippen molar-refractivity contribution in [2.75, 3.05) is 31.6 Å². The van der Waals surface area contributed by atoms with Crippen LogP contribution >= 0.6 is 0 Å². The summed E-state index contributed by atoms with van der Waals surface area (Å²) in [6.07, 6.45) is 1.03. The molecule has 0 bridgehead atoms. The molecule has 2 aromatic carbocycles. The van der Waals surface area contributed by atoms with Gasteiger partial charge in [0.05, 0.1) is 7.11 Å². The summed E-state index contributed by atoms with van der Waals surface area (Å²) in [4.78, 5) is 28.3. The smallest absolute Gasteiger partial charge is 0.228 e. The van der Waals surface area contributed by atoms with Crippen LogP contribution in [0.4, 0.5) is 5.69 Å². The number of hydrogen-bond donors (Lipinski definition) is 0. The van der Waals surface area contributed by atoms with Gasteiger partial charge in [-0.25, -0.2) is 0 Å². The van der Waals surface area contributed by atoms with Crippen molar-refractivity contribution in [3.05, 3.63) is 59.7 Å². The van der Waals surface area contributed by atoms with E-state index >= 15 is 0 Å². The van der Waals surface area contributed by atoms with Crippen LogP contribution in [0.3, 0.4) is 0 Å². The highest BCUT2D eigenvalue weighted by Crippen LogP contribution is 2.17. The Balaban J connectivity index is 1.95. The summed E-state index contributed by atoms with van der Waals surface area (Å²) in [5.41, 5.74) is 3.12. The predicted octanol–water partition coefficient (Wildman–Crippen LogP) is 3.84. The van der Waals surface area contributed by atoms with E-state index in [2.05, 4.69) is 0 Å². The highest BCUT2D eigenvalue weighted by Gasteiger charge is 2.17. The Morgan fingerprint density at radius 3 is 2.43 bits per heavy atom. The third-order valence-electron chi connectivity index (χ3n) is 4.78. The second-order valence-corrected chi connectivity index (χ2v) is 6.83. The van der Waals surface area contributed by atoms with Crippen molar-refractivity contribution in [2.45, 2.75) is 33.6 Å². The van der Waals surface area contributed by atoms with E-state index in [1.54, 1.807) is 23.8 Å². The Bertz CT molecular complexity index is 804. The highest BCUT2D eigenvalue weighted by molar-refractivity contribution is 5.93. The molecule has 0 spiro atoms. The van der Waals surface area contributed by atoms with Crippen LogP contribution in [0, 0.1) is 6.92 Å². The maximum Gasteiger partial charge on any atom is 0.228 e. The van der Waals surface area contributed by atoms with Crippen molar-refractivity contribution in [3.8, 4) is 5.75 Å². The summed E-state index contributed by atoms with van der Waals surface area (Å²) >= 11 is 0. The summed E-state index contributed by atoms with van der Waals surface area (Å²) in [6.45, 7) is 7.12. The fourth-order valence-electron chi connectivity index (χ4n) is 3.18. The zero-order chi connectivity index (χ0) is 20.5. The molecule has 0 radical (unpaired) electrons. The first-order valence-corrected chi connectivity index (χ1v) is 9.70. The van der Waals surface area contributed by atoms with Crippen molar-refractivity contribution >= 4 is 17.5 Å². The van der Waals surface area contributed by atoms with Crippen LogP contribution in [0.15, 0.2) is 48.5 Å². The predicted molar refractivity (Wildman–Crippen MR) is 113 cm³/mol. The molecule has 0 aliphatic rings. The molecule has 0 aliphatic carbocycles. The molecule has 0 saturated heterocycles. The lowest BCUT2D eigenvalue weighted by atomic mass is 10.1. The minimum atomic E-state index is -0.0192. The third kappa shape index (κ3) is 6.12. The summed E-state index contributed by atoms with van der Waals surface area (Å²) < 4.78 is 5.25. The van der Waals surface area contributed by atoms with Crippen molar-refractivity contribution in [2.24, 2.45) is 0 Å². The third-order valence-corrected chi connectivity index (χ3v) is 4.78. The van der Waals surface area contributed by atoms with Crippen LogP contribution in [0.2, 0.25) is 0 Å². The van der Waals surface area contributed by atoms with Gasteiger partial charge in [0.2, 0.25) is 11.8 Å². The quantitative estimate of drug-likeness (QED) is 0.662. The van der Waals surface area contributed by atoms with E-state index in [-0.39, 0.29) is 11.8 Å². The zero-order valence-electron chi connectivity index (χ0n) is 17.3. The van der Waals surface area contributed by atoms with Gasteiger partial charge in [0.15, 0.2) is 0 Å². The van der Waals surface area contributed by atoms with Crippen molar-refractivity contribution in [1.29, 1.82) is 0 Å². The van der Waals surface area contributed by atoms with E-state index in [0.717, 1.165) is 29.0 Å². The Hall–Kier alpha value is -2.82. The van der Waals surface area contributed by atoms with Crippen molar-refractivity contribution in [3.63, 3.8) is 0 Å². The first-order valence-electron chi connectivity index (χ1n) is 9.70. The molecule has 0 N–H and O–H groups in total. The molecule has 5 nitrogen and oxygen atoms in total. The molecule has 0 fully saturated rings. The van der Waals surface area contributed by atoms with Crippen LogP contribution in [-0.2, 0) is 16.0 Å². The fourth-order valence-corrected chi connectivity index (χ4v) is 3.18. The van der Waals surface area contributed by atoms with Gasteiger partial charge in [-0.2, -0.15) is 0 Å². The number of rotatable bonds is 9. The molecule has 0 unspecified atom stereocenters. The topological polar surface area (TPSA) is 49.9 Å². The van der Waals surface area contributed by atoms with E-state index in [1.807, 2.05) is 62.4 Å². The monoisotopic (exact) mass is 382 g/mol. The number of carbonyl (C=O) groups is 2. The van der Waals surface area contributed by atoms with Crippen molar-refractivity contribution < 1.29 is 14.3 Å². The number of amides is 2. The second kappa shape index (κ2) is 10.5. The van der Waals surface area contributed by atoms with Gasteiger partial charge in [0.25, 0.3) is 0 Å². The van der Waals surface area contributed by atoms with E-state index in [1.165, 1.54) is 0 Å². The summed E-state index contributed by atoms with van der Waals surface area (Å²) in [5, 5.41) is 0. The largest absolute Gasteiger partial charge is 0.497 e. The van der Waals surface area contributed by atoms with Crippen LogP contribution in [0.5, 0.6) is 5.75 Å². The molecule has 0 atom stereocenters. The molecule has 2 amide bonds. The number of nitrogens with zero attached hydrogens (tertiary/aromatic N) is 2. The number of aryl methyl sites for hydroxylation is 1. The van der Waals surface area contributed by atoms with Gasteiger partial charge >= 0.3 is 0 Å². The van der Waals surface area contributed by atoms with E-state index in [4.69, 9.17) is 4.74 Å². The average Bonchev–Trinajstić information content (AvgIpc) is 2.68. The number of methoxy groups -OCH3 is 1. The van der Waals surface area contributed by atoms with E-state index in [0.29, 0.717) is 26.1 Å². The molecule has 0 aliphatic heterocycles. The molecular formula is C23H30N2O3. The Labute approximate surface area is 167 Å². The molecule has 150 valence electrons. The number of hydrogen-bond acceptors (Lipinski definition) is 3. The summed E-state index contributed by atoms with van der Waals surface area (Å²) in [6, 6.07) is 15.7. The van der Waals surface area contributed by atoms with Crippen molar-refractivity contribution in [1.82, 2.24) is 4.90 Å². The molecule has 0 saturated carbocycles. The van der Waals surface area contributed by atoms with Crippen LogP contribution in [-0.4, -0.2) is 43.5 Å². The van der Waals surface area contributed by atoms with E-state index in [9.17, 15) is 9.59 Å². The van der Waals surface area contributed by atoms with Crippen LogP contribution in [0.25, 0.3) is 0 Å². The Kier molecular flexibility index (Phi) is 8.05.